The number of amides is 1. The van der Waals surface area contributed by atoms with Crippen molar-refractivity contribution in [2.45, 2.75) is 13.3 Å². The van der Waals surface area contributed by atoms with Crippen molar-refractivity contribution in [2.75, 3.05) is 13.1 Å². The SMILES string of the molecule is CCCN(CC(=O)O)C(=O)c1nc(-c2ccccc2)cs1. The van der Waals surface area contributed by atoms with Crippen LogP contribution < -0.4 is 0 Å². The molecule has 5 nitrogen and oxygen atoms in total. The summed E-state index contributed by atoms with van der Waals surface area (Å²) >= 11 is 1.24. The highest BCUT2D eigenvalue weighted by molar-refractivity contribution is 7.12. The van der Waals surface area contributed by atoms with Crippen LogP contribution in [0.3, 0.4) is 0 Å². The molecule has 0 radical (unpaired) electrons. The number of nitrogens with zero attached hydrogens (tertiary/aromatic N) is 2. The van der Waals surface area contributed by atoms with Crippen LogP contribution in [0.1, 0.15) is 23.1 Å². The molecule has 0 saturated heterocycles. The minimum Gasteiger partial charge on any atom is -0.480 e. The molecule has 1 aromatic heterocycles. The van der Waals surface area contributed by atoms with E-state index in [-0.39, 0.29) is 12.5 Å². The third-order valence-corrected chi connectivity index (χ3v) is 3.69. The molecular weight excluding hydrogens is 288 g/mol. The van der Waals surface area contributed by atoms with Crippen molar-refractivity contribution in [3.8, 4) is 11.3 Å². The molecule has 6 heteroatoms. The van der Waals surface area contributed by atoms with Crippen molar-refractivity contribution in [2.24, 2.45) is 0 Å². The molecule has 0 spiro atoms. The van der Waals surface area contributed by atoms with Gasteiger partial charge in [0.05, 0.1) is 5.69 Å². The van der Waals surface area contributed by atoms with Gasteiger partial charge in [-0.15, -0.1) is 11.3 Å². The summed E-state index contributed by atoms with van der Waals surface area (Å²) in [6.07, 6.45) is 0.704. The molecule has 1 aromatic carbocycles. The Morgan fingerprint density at radius 3 is 2.62 bits per heavy atom. The van der Waals surface area contributed by atoms with E-state index in [0.717, 1.165) is 11.3 Å². The zero-order valence-corrected chi connectivity index (χ0v) is 12.5. The van der Waals surface area contributed by atoms with Gasteiger partial charge in [-0.2, -0.15) is 0 Å². The second-order valence-corrected chi connectivity index (χ2v) is 5.38. The minimum atomic E-state index is -1.02. The number of thiazole rings is 1. The van der Waals surface area contributed by atoms with Crippen LogP contribution >= 0.6 is 11.3 Å². The molecule has 0 unspecified atom stereocenters. The molecule has 110 valence electrons. The Labute approximate surface area is 126 Å². The summed E-state index contributed by atoms with van der Waals surface area (Å²) in [5, 5.41) is 11.0. The van der Waals surface area contributed by atoms with Crippen molar-refractivity contribution < 1.29 is 14.7 Å². The number of aliphatic carboxylic acids is 1. The Morgan fingerprint density at radius 1 is 1.29 bits per heavy atom. The number of benzene rings is 1. The summed E-state index contributed by atoms with van der Waals surface area (Å²) in [6, 6.07) is 9.57. The molecule has 0 fully saturated rings. The first-order valence-corrected chi connectivity index (χ1v) is 7.51. The number of carboxylic acids is 1. The van der Waals surface area contributed by atoms with E-state index < -0.39 is 5.97 Å². The normalized spacial score (nSPS) is 10.3. The maximum atomic E-state index is 12.3. The predicted octanol–water partition coefficient (Wildman–Crippen LogP) is 2.75. The van der Waals surface area contributed by atoms with Gasteiger partial charge in [-0.3, -0.25) is 9.59 Å². The quantitative estimate of drug-likeness (QED) is 0.891. The first kappa shape index (κ1) is 15.2. The van der Waals surface area contributed by atoms with Gasteiger partial charge >= 0.3 is 5.97 Å². The molecule has 0 saturated carbocycles. The molecule has 0 bridgehead atoms. The number of carbonyl (C=O) groups is 2. The Hall–Kier alpha value is -2.21. The fraction of sp³-hybridized carbons (Fsp3) is 0.267. The van der Waals surface area contributed by atoms with Crippen LogP contribution in [0.4, 0.5) is 0 Å². The van der Waals surface area contributed by atoms with E-state index >= 15 is 0 Å². The summed E-state index contributed by atoms with van der Waals surface area (Å²) in [5.41, 5.74) is 1.67. The van der Waals surface area contributed by atoms with Gasteiger partial charge in [0.2, 0.25) is 0 Å². The lowest BCUT2D eigenvalue weighted by Crippen LogP contribution is -2.36. The Kier molecular flexibility index (Phi) is 5.05. The molecular formula is C15H16N2O3S. The van der Waals surface area contributed by atoms with Gasteiger partial charge in [-0.1, -0.05) is 37.3 Å². The summed E-state index contributed by atoms with van der Waals surface area (Å²) in [4.78, 5) is 28.8. The Morgan fingerprint density at radius 2 is 2.00 bits per heavy atom. The number of hydrogen-bond donors (Lipinski definition) is 1. The number of rotatable bonds is 6. The lowest BCUT2D eigenvalue weighted by molar-refractivity contribution is -0.137. The second kappa shape index (κ2) is 6.99. The van der Waals surface area contributed by atoms with E-state index in [0.29, 0.717) is 18.0 Å². The van der Waals surface area contributed by atoms with Crippen LogP contribution in [0.5, 0.6) is 0 Å². The van der Waals surface area contributed by atoms with Crippen LogP contribution in [-0.4, -0.2) is 40.0 Å². The van der Waals surface area contributed by atoms with Crippen molar-refractivity contribution in [3.63, 3.8) is 0 Å². The molecule has 0 atom stereocenters. The molecule has 2 rings (SSSR count). The van der Waals surface area contributed by atoms with Crippen LogP contribution in [-0.2, 0) is 4.79 Å². The zero-order chi connectivity index (χ0) is 15.2. The fourth-order valence-corrected chi connectivity index (χ4v) is 2.73. The summed E-state index contributed by atoms with van der Waals surface area (Å²) in [6.45, 7) is 2.01. The van der Waals surface area contributed by atoms with E-state index in [2.05, 4.69) is 4.98 Å². The van der Waals surface area contributed by atoms with Crippen molar-refractivity contribution in [3.05, 3.63) is 40.7 Å². The summed E-state index contributed by atoms with van der Waals surface area (Å²) < 4.78 is 0. The molecule has 0 aliphatic carbocycles. The van der Waals surface area contributed by atoms with Crippen LogP contribution in [0.25, 0.3) is 11.3 Å². The van der Waals surface area contributed by atoms with Crippen molar-refractivity contribution in [1.29, 1.82) is 0 Å². The van der Waals surface area contributed by atoms with Gasteiger partial charge in [-0.05, 0) is 6.42 Å². The van der Waals surface area contributed by atoms with Crippen molar-refractivity contribution in [1.82, 2.24) is 9.88 Å². The van der Waals surface area contributed by atoms with Gasteiger partial charge in [0.1, 0.15) is 6.54 Å². The highest BCUT2D eigenvalue weighted by Gasteiger charge is 2.21. The van der Waals surface area contributed by atoms with E-state index in [1.165, 1.54) is 16.2 Å². The van der Waals surface area contributed by atoms with Crippen LogP contribution in [0, 0.1) is 0 Å². The maximum absolute atomic E-state index is 12.3. The van der Waals surface area contributed by atoms with Gasteiger partial charge in [-0.25, -0.2) is 4.98 Å². The average Bonchev–Trinajstić information content (AvgIpc) is 2.96. The maximum Gasteiger partial charge on any atom is 0.323 e. The topological polar surface area (TPSA) is 70.5 Å². The monoisotopic (exact) mass is 304 g/mol. The molecule has 2 aromatic rings. The lowest BCUT2D eigenvalue weighted by atomic mass is 10.2. The number of carbonyl (C=O) groups excluding carboxylic acids is 1. The number of carboxylic acid groups (broad SMARTS) is 1. The average molecular weight is 304 g/mol. The smallest absolute Gasteiger partial charge is 0.323 e. The highest BCUT2D eigenvalue weighted by Crippen LogP contribution is 2.22. The molecule has 0 aliphatic heterocycles. The Bertz CT molecular complexity index is 625. The van der Waals surface area contributed by atoms with Crippen molar-refractivity contribution >= 4 is 23.2 Å². The molecule has 1 heterocycles. The zero-order valence-electron chi connectivity index (χ0n) is 11.7. The minimum absolute atomic E-state index is 0.299. The van der Waals surface area contributed by atoms with Gasteiger partial charge in [0.25, 0.3) is 5.91 Å². The molecule has 21 heavy (non-hydrogen) atoms. The number of aromatic nitrogens is 1. The first-order chi connectivity index (χ1) is 10.1. The summed E-state index contributed by atoms with van der Waals surface area (Å²) in [5.74, 6) is -1.34. The predicted molar refractivity (Wildman–Crippen MR) is 81.4 cm³/mol. The second-order valence-electron chi connectivity index (χ2n) is 4.52. The van der Waals surface area contributed by atoms with E-state index in [4.69, 9.17) is 5.11 Å². The third-order valence-electron chi connectivity index (χ3n) is 2.86. The largest absolute Gasteiger partial charge is 0.480 e. The third kappa shape index (κ3) is 3.88. The first-order valence-electron chi connectivity index (χ1n) is 6.63. The van der Waals surface area contributed by atoms with E-state index in [1.807, 2.05) is 42.6 Å². The van der Waals surface area contributed by atoms with Gasteiger partial charge in [0, 0.05) is 17.5 Å². The van der Waals surface area contributed by atoms with Crippen LogP contribution in [0.2, 0.25) is 0 Å². The fourth-order valence-electron chi connectivity index (χ4n) is 1.93. The van der Waals surface area contributed by atoms with Crippen LogP contribution in [0.15, 0.2) is 35.7 Å². The van der Waals surface area contributed by atoms with E-state index in [1.54, 1.807) is 0 Å². The molecule has 0 aliphatic rings. The number of hydrogen-bond acceptors (Lipinski definition) is 4. The summed E-state index contributed by atoms with van der Waals surface area (Å²) in [7, 11) is 0. The van der Waals surface area contributed by atoms with Gasteiger partial charge in [0.15, 0.2) is 5.01 Å². The Balaban J connectivity index is 2.19. The lowest BCUT2D eigenvalue weighted by Gasteiger charge is -2.18. The molecule has 1 N–H and O–H groups in total. The highest BCUT2D eigenvalue weighted by atomic mass is 32.1. The van der Waals surface area contributed by atoms with E-state index in [9.17, 15) is 9.59 Å². The standard InChI is InChI=1S/C15H16N2O3S/c1-2-8-17(9-13(18)19)15(20)14-16-12(10-21-14)11-6-4-3-5-7-11/h3-7,10H,2,8-9H2,1H3,(H,18,19). The van der Waals surface area contributed by atoms with Gasteiger partial charge < -0.3 is 10.0 Å². The molecule has 1 amide bonds.